The van der Waals surface area contributed by atoms with Crippen LogP contribution in [0.1, 0.15) is 34.5 Å². The third-order valence-electron chi connectivity index (χ3n) is 7.76. The number of nitrogens with two attached hydrogens (primary N) is 1. The molecule has 2 bridgehead atoms. The Morgan fingerprint density at radius 2 is 2.00 bits per heavy atom. The zero-order valence-corrected chi connectivity index (χ0v) is 24.7. The fraction of sp³-hybridized carbons (Fsp3) is 0.344. The standard InChI is InChI=1S/C32H37N7O5/c1-43-16-6-12-32(31(42)36-19-23-8-5-13-35-29(23)33)18-22-7-4-9-24(17-22)44-20-27(40)34-14-15-39-28(30(41)37-21-32)25-10-2-3-11-26(25)38-39/h2-5,7-11,13,17H,6,12,14-16,18-21H2,1H3,(H2,33,35)(H,34,40)(H,36,42)(H,37,41). The number of nitrogens with one attached hydrogen (secondary N) is 3. The van der Waals surface area contributed by atoms with Crippen LogP contribution < -0.4 is 26.4 Å². The molecule has 3 heterocycles. The van der Waals surface area contributed by atoms with Crippen molar-refractivity contribution < 1.29 is 23.9 Å². The van der Waals surface area contributed by atoms with Crippen LogP contribution >= 0.6 is 0 Å². The van der Waals surface area contributed by atoms with Crippen molar-refractivity contribution >= 4 is 34.4 Å². The summed E-state index contributed by atoms with van der Waals surface area (Å²) < 4.78 is 12.7. The lowest BCUT2D eigenvalue weighted by Crippen LogP contribution is -2.50. The van der Waals surface area contributed by atoms with E-state index in [1.165, 1.54) is 0 Å². The Morgan fingerprint density at radius 1 is 1.14 bits per heavy atom. The number of ether oxygens (including phenoxy) is 2. The molecule has 12 nitrogen and oxygen atoms in total. The molecular weight excluding hydrogens is 562 g/mol. The number of aromatic nitrogens is 3. The van der Waals surface area contributed by atoms with E-state index < -0.39 is 5.41 Å². The van der Waals surface area contributed by atoms with E-state index >= 15 is 0 Å². The number of carbonyl (C=O) groups is 3. The molecule has 2 aromatic heterocycles. The predicted molar refractivity (Wildman–Crippen MR) is 165 cm³/mol. The van der Waals surface area contributed by atoms with Gasteiger partial charge < -0.3 is 31.2 Å². The lowest BCUT2D eigenvalue weighted by atomic mass is 9.76. The van der Waals surface area contributed by atoms with Gasteiger partial charge in [-0.3, -0.25) is 19.1 Å². The summed E-state index contributed by atoms with van der Waals surface area (Å²) in [6, 6.07) is 18.2. The van der Waals surface area contributed by atoms with E-state index in [-0.39, 0.29) is 56.9 Å². The highest BCUT2D eigenvalue weighted by molar-refractivity contribution is 6.05. The van der Waals surface area contributed by atoms with Gasteiger partial charge in [0.25, 0.3) is 11.8 Å². The van der Waals surface area contributed by atoms with Crippen molar-refractivity contribution in [3.63, 3.8) is 0 Å². The van der Waals surface area contributed by atoms with Gasteiger partial charge in [-0.15, -0.1) is 0 Å². The van der Waals surface area contributed by atoms with Gasteiger partial charge in [0.05, 0.1) is 17.5 Å². The van der Waals surface area contributed by atoms with Crippen molar-refractivity contribution in [3.05, 3.63) is 83.7 Å². The number of hydrogen-bond donors (Lipinski definition) is 4. The minimum Gasteiger partial charge on any atom is -0.484 e. The minimum absolute atomic E-state index is 0.0469. The molecule has 12 heteroatoms. The number of fused-ring (bicyclic) bond motifs is 5. The van der Waals surface area contributed by atoms with Crippen molar-refractivity contribution in [2.24, 2.45) is 5.41 Å². The van der Waals surface area contributed by atoms with Gasteiger partial charge in [-0.1, -0.05) is 36.4 Å². The van der Waals surface area contributed by atoms with E-state index in [1.807, 2.05) is 48.5 Å². The normalized spacial score (nSPS) is 17.7. The van der Waals surface area contributed by atoms with Crippen molar-refractivity contribution in [2.45, 2.75) is 32.4 Å². The number of nitrogen functional groups attached to an aromatic ring is 1. The Labute approximate surface area is 255 Å². The second-order valence-electron chi connectivity index (χ2n) is 10.8. The van der Waals surface area contributed by atoms with Crippen LogP contribution in [0.5, 0.6) is 5.75 Å². The van der Waals surface area contributed by atoms with Crippen molar-refractivity contribution in [1.29, 1.82) is 0 Å². The molecule has 3 amide bonds. The van der Waals surface area contributed by atoms with E-state index in [9.17, 15) is 14.4 Å². The van der Waals surface area contributed by atoms with Gasteiger partial charge in [0.2, 0.25) is 5.91 Å². The highest BCUT2D eigenvalue weighted by atomic mass is 16.5. The Balaban J connectivity index is 1.53. The SMILES string of the molecule is COCCCC1(C(=O)NCc2cccnc2N)CNC(=O)c2c3ccccc3nn2CCNC(=O)COc2cccc(c2)C1. The van der Waals surface area contributed by atoms with E-state index in [1.54, 1.807) is 30.1 Å². The monoisotopic (exact) mass is 599 g/mol. The number of hydrogen-bond acceptors (Lipinski definition) is 8. The predicted octanol–water partition coefficient (Wildman–Crippen LogP) is 2.22. The lowest BCUT2D eigenvalue weighted by molar-refractivity contribution is -0.131. The first-order chi connectivity index (χ1) is 21.4. The molecule has 1 aliphatic heterocycles. The molecule has 4 aromatic rings. The molecule has 1 atom stereocenters. The molecule has 0 spiro atoms. The number of amides is 3. The summed E-state index contributed by atoms with van der Waals surface area (Å²) in [5, 5.41) is 14.2. The third-order valence-corrected chi connectivity index (χ3v) is 7.76. The average molecular weight is 600 g/mol. The number of anilines is 1. The number of pyridine rings is 1. The summed E-state index contributed by atoms with van der Waals surface area (Å²) in [5.74, 6) is -0.0737. The van der Waals surface area contributed by atoms with Crippen molar-refractivity contribution in [3.8, 4) is 5.75 Å². The van der Waals surface area contributed by atoms with Crippen LogP contribution in [0.3, 0.4) is 0 Å². The lowest BCUT2D eigenvalue weighted by Gasteiger charge is -2.33. The Morgan fingerprint density at radius 3 is 2.84 bits per heavy atom. The summed E-state index contributed by atoms with van der Waals surface area (Å²) in [5.41, 5.74) is 7.49. The van der Waals surface area contributed by atoms with Crippen LogP contribution in [-0.2, 0) is 33.8 Å². The summed E-state index contributed by atoms with van der Waals surface area (Å²) in [7, 11) is 1.61. The molecule has 0 saturated heterocycles. The maximum atomic E-state index is 14.2. The molecule has 0 radical (unpaired) electrons. The fourth-order valence-corrected chi connectivity index (χ4v) is 5.48. The summed E-state index contributed by atoms with van der Waals surface area (Å²) >= 11 is 0. The number of nitrogens with zero attached hydrogens (tertiary/aromatic N) is 3. The van der Waals surface area contributed by atoms with E-state index in [4.69, 9.17) is 15.2 Å². The molecule has 5 rings (SSSR count). The average Bonchev–Trinajstić information content (AvgIpc) is 3.40. The topological polar surface area (TPSA) is 162 Å². The number of carbonyl (C=O) groups excluding carboxylic acids is 3. The van der Waals surface area contributed by atoms with Gasteiger partial charge in [-0.25, -0.2) is 4.98 Å². The van der Waals surface area contributed by atoms with E-state index in [0.29, 0.717) is 53.2 Å². The number of rotatable bonds is 7. The van der Waals surface area contributed by atoms with Crippen LogP contribution in [0.15, 0.2) is 66.9 Å². The third kappa shape index (κ3) is 7.14. The molecule has 1 aliphatic rings. The maximum Gasteiger partial charge on any atom is 0.270 e. The van der Waals surface area contributed by atoms with Crippen LogP contribution in [0, 0.1) is 5.41 Å². The first kappa shape index (κ1) is 30.5. The molecule has 0 saturated carbocycles. The van der Waals surface area contributed by atoms with Crippen LogP contribution in [0.2, 0.25) is 0 Å². The van der Waals surface area contributed by atoms with Crippen molar-refractivity contribution in [1.82, 2.24) is 30.7 Å². The van der Waals surface area contributed by atoms with Gasteiger partial charge in [0, 0.05) is 50.5 Å². The first-order valence-electron chi connectivity index (χ1n) is 14.6. The quantitative estimate of drug-likeness (QED) is 0.235. The zero-order chi connectivity index (χ0) is 30.9. The highest BCUT2D eigenvalue weighted by Crippen LogP contribution is 2.31. The second kappa shape index (κ2) is 14.0. The zero-order valence-electron chi connectivity index (χ0n) is 24.7. The van der Waals surface area contributed by atoms with E-state index in [2.05, 4.69) is 26.0 Å². The molecule has 0 fully saturated rings. The van der Waals surface area contributed by atoms with Gasteiger partial charge in [-0.2, -0.15) is 5.10 Å². The van der Waals surface area contributed by atoms with Crippen LogP contribution in [-0.4, -0.2) is 65.9 Å². The smallest absolute Gasteiger partial charge is 0.270 e. The number of benzene rings is 2. The highest BCUT2D eigenvalue weighted by Gasteiger charge is 2.39. The van der Waals surface area contributed by atoms with Crippen LogP contribution in [0.4, 0.5) is 5.82 Å². The summed E-state index contributed by atoms with van der Waals surface area (Å²) in [6.45, 7) is 0.999. The Hall–Kier alpha value is -4.97. The molecule has 5 N–H and O–H groups in total. The van der Waals surface area contributed by atoms with Gasteiger partial charge in [-0.05, 0) is 49.1 Å². The van der Waals surface area contributed by atoms with Gasteiger partial charge >= 0.3 is 0 Å². The Bertz CT molecular complexity index is 1640. The van der Waals surface area contributed by atoms with E-state index in [0.717, 1.165) is 5.56 Å². The number of methoxy groups -OCH3 is 1. The van der Waals surface area contributed by atoms with Crippen LogP contribution in [0.25, 0.3) is 10.9 Å². The fourth-order valence-electron chi connectivity index (χ4n) is 5.48. The molecule has 230 valence electrons. The van der Waals surface area contributed by atoms with Crippen molar-refractivity contribution in [2.75, 3.05) is 39.1 Å². The maximum absolute atomic E-state index is 14.2. The molecule has 2 aromatic carbocycles. The molecule has 0 aliphatic carbocycles. The Kier molecular flexibility index (Phi) is 9.70. The molecular formula is C32H37N7O5. The molecule has 1 unspecified atom stereocenters. The second-order valence-corrected chi connectivity index (χ2v) is 10.8. The largest absolute Gasteiger partial charge is 0.484 e. The first-order valence-corrected chi connectivity index (χ1v) is 14.6. The molecule has 44 heavy (non-hydrogen) atoms. The minimum atomic E-state index is -1.07. The van der Waals surface area contributed by atoms with Gasteiger partial charge in [0.15, 0.2) is 6.61 Å². The summed E-state index contributed by atoms with van der Waals surface area (Å²) in [4.78, 5) is 44.8. The summed E-state index contributed by atoms with van der Waals surface area (Å²) in [6.07, 6.45) is 2.88. The van der Waals surface area contributed by atoms with Gasteiger partial charge in [0.1, 0.15) is 17.3 Å².